The molecule has 2 N–H and O–H groups in total. The lowest BCUT2D eigenvalue weighted by molar-refractivity contribution is 0.322. The molecule has 22 heavy (non-hydrogen) atoms. The molecule has 0 atom stereocenters. The van der Waals surface area contributed by atoms with E-state index >= 15 is 0 Å². The third-order valence-corrected chi connectivity index (χ3v) is 4.77. The molecule has 126 valence electrons. The van der Waals surface area contributed by atoms with Crippen LogP contribution in [0.2, 0.25) is 0 Å². The molecule has 0 radical (unpaired) electrons. The normalized spacial score (nSPS) is 11.0. The second-order valence-electron chi connectivity index (χ2n) is 4.38. The predicted octanol–water partition coefficient (Wildman–Crippen LogP) is -1.84. The second-order valence-corrected chi connectivity index (χ2v) is 6.83. The monoisotopic (exact) mass is 351 g/mol. The second kappa shape index (κ2) is 9.93. The fourth-order valence-electron chi connectivity index (χ4n) is 1.78. The minimum absolute atomic E-state index is 0.0408. The van der Waals surface area contributed by atoms with E-state index in [2.05, 4.69) is 0 Å². The number of hydrogen-bond donors (Lipinski definition) is 2. The van der Waals surface area contributed by atoms with E-state index in [-0.39, 0.29) is 26.3 Å². The van der Waals surface area contributed by atoms with E-state index in [0.29, 0.717) is 23.0 Å². The Bertz CT molecular complexity index is 587. The third-order valence-electron chi connectivity index (χ3n) is 2.89. The molecule has 0 aliphatic rings. The molecule has 0 amide bonds. The van der Waals surface area contributed by atoms with E-state index in [1.54, 1.807) is 0 Å². The number of aromatic nitrogens is 3. The largest absolute Gasteiger partial charge is 0.396 e. The van der Waals surface area contributed by atoms with Gasteiger partial charge in [-0.25, -0.2) is 28.1 Å². The quantitative estimate of drug-likeness (QED) is 0.477. The highest BCUT2D eigenvalue weighted by Crippen LogP contribution is 1.99. The van der Waals surface area contributed by atoms with Crippen molar-refractivity contribution in [3.63, 3.8) is 0 Å². The zero-order valence-electron chi connectivity index (χ0n) is 12.4. The Balaban J connectivity index is 2.97. The van der Waals surface area contributed by atoms with Gasteiger partial charge in [0.25, 0.3) is 0 Å². The van der Waals surface area contributed by atoms with Crippen molar-refractivity contribution < 1.29 is 10.2 Å². The lowest BCUT2D eigenvalue weighted by Gasteiger charge is -2.11. The van der Waals surface area contributed by atoms with Crippen molar-refractivity contribution in [2.75, 3.05) is 36.2 Å². The summed E-state index contributed by atoms with van der Waals surface area (Å²) in [5, 5.41) is 17.4. The Hall–Kier alpha value is -0.970. The lowest BCUT2D eigenvalue weighted by atomic mass is 10.6. The predicted molar refractivity (Wildman–Crippen MR) is 89.0 cm³/mol. The lowest BCUT2D eigenvalue weighted by Crippen LogP contribution is -2.54. The van der Waals surface area contributed by atoms with Gasteiger partial charge in [0.2, 0.25) is 0 Å². The molecule has 8 nitrogen and oxygen atoms in total. The Labute approximate surface area is 135 Å². The number of aliphatic hydroxyl groups is 2. The molecule has 0 saturated heterocycles. The molecule has 0 bridgehead atoms. The fourth-order valence-corrected chi connectivity index (χ4v) is 3.07. The third kappa shape index (κ3) is 5.04. The van der Waals surface area contributed by atoms with E-state index in [4.69, 9.17) is 10.2 Å². The molecule has 0 saturated carbocycles. The van der Waals surface area contributed by atoms with Crippen LogP contribution in [-0.4, -0.2) is 60.1 Å². The molecule has 0 aliphatic carbocycles. The van der Waals surface area contributed by atoms with Gasteiger partial charge >= 0.3 is 17.1 Å². The van der Waals surface area contributed by atoms with Crippen LogP contribution in [-0.2, 0) is 20.1 Å². The van der Waals surface area contributed by atoms with E-state index in [1.807, 2.05) is 0 Å². The summed E-state index contributed by atoms with van der Waals surface area (Å²) < 4.78 is 3.01. The van der Waals surface area contributed by atoms with Crippen molar-refractivity contribution in [1.82, 2.24) is 13.7 Å². The summed E-state index contributed by atoms with van der Waals surface area (Å²) in [6.07, 6.45) is 0. The smallest absolute Gasteiger partial charge is 0.336 e. The first-order valence-corrected chi connectivity index (χ1v) is 9.13. The summed E-state index contributed by atoms with van der Waals surface area (Å²) >= 11 is 2.86. The van der Waals surface area contributed by atoms with E-state index in [9.17, 15) is 14.4 Å². The van der Waals surface area contributed by atoms with Crippen LogP contribution in [0, 0.1) is 0 Å². The molecule has 0 spiro atoms. The topological polar surface area (TPSA) is 106 Å². The van der Waals surface area contributed by atoms with Crippen LogP contribution in [0.15, 0.2) is 14.4 Å². The summed E-state index contributed by atoms with van der Waals surface area (Å²) in [7, 11) is 1.35. The average Bonchev–Trinajstić information content (AvgIpc) is 2.51. The van der Waals surface area contributed by atoms with Crippen LogP contribution in [0.5, 0.6) is 0 Å². The minimum atomic E-state index is -0.626. The Morgan fingerprint density at radius 1 is 0.773 bits per heavy atom. The zero-order chi connectivity index (χ0) is 16.5. The molecule has 0 aromatic carbocycles. The van der Waals surface area contributed by atoms with Crippen LogP contribution < -0.4 is 17.1 Å². The molecule has 1 aromatic heterocycles. The Morgan fingerprint density at radius 2 is 1.18 bits per heavy atom. The van der Waals surface area contributed by atoms with E-state index in [0.717, 1.165) is 13.7 Å². The molecule has 0 unspecified atom stereocenters. The highest BCUT2D eigenvalue weighted by atomic mass is 32.2. The van der Waals surface area contributed by atoms with E-state index in [1.165, 1.54) is 30.6 Å². The highest BCUT2D eigenvalue weighted by Gasteiger charge is 2.12. The van der Waals surface area contributed by atoms with Crippen molar-refractivity contribution >= 4 is 23.5 Å². The first-order valence-electron chi connectivity index (χ1n) is 6.82. The minimum Gasteiger partial charge on any atom is -0.396 e. The molecular weight excluding hydrogens is 330 g/mol. The fraction of sp³-hybridized carbons (Fsp3) is 0.750. The number of nitrogens with zero attached hydrogens (tertiary/aromatic N) is 3. The maximum atomic E-state index is 12.3. The molecule has 1 rings (SSSR count). The summed E-state index contributed by atoms with van der Waals surface area (Å²) in [5.41, 5.74) is -1.86. The number of thioether (sulfide) groups is 2. The van der Waals surface area contributed by atoms with Gasteiger partial charge in [0, 0.05) is 43.1 Å². The van der Waals surface area contributed by atoms with Crippen molar-refractivity contribution in [2.45, 2.75) is 13.1 Å². The van der Waals surface area contributed by atoms with Crippen molar-refractivity contribution in [1.29, 1.82) is 0 Å². The standard InChI is InChI=1S/C12H21N3O5S2/c1-13-10(18)14(2-6-21-8-4-16)12(20)15(11(13)19)3-7-22-9-5-17/h16-17H,2-9H2,1H3. The van der Waals surface area contributed by atoms with E-state index < -0.39 is 17.1 Å². The van der Waals surface area contributed by atoms with Crippen LogP contribution in [0.25, 0.3) is 0 Å². The molecule has 1 heterocycles. The van der Waals surface area contributed by atoms with Gasteiger partial charge in [0.1, 0.15) is 0 Å². The van der Waals surface area contributed by atoms with Gasteiger partial charge in [-0.3, -0.25) is 0 Å². The van der Waals surface area contributed by atoms with Gasteiger partial charge in [-0.15, -0.1) is 0 Å². The van der Waals surface area contributed by atoms with Gasteiger partial charge in [0.15, 0.2) is 0 Å². The maximum Gasteiger partial charge on any atom is 0.336 e. The van der Waals surface area contributed by atoms with Crippen LogP contribution >= 0.6 is 23.5 Å². The van der Waals surface area contributed by atoms with Gasteiger partial charge < -0.3 is 10.2 Å². The molecule has 0 fully saturated rings. The van der Waals surface area contributed by atoms with Crippen molar-refractivity contribution in [2.24, 2.45) is 7.05 Å². The first-order chi connectivity index (χ1) is 10.5. The SMILES string of the molecule is Cn1c(=O)n(CCSCCO)c(=O)n(CCSCCO)c1=O. The Kier molecular flexibility index (Phi) is 8.61. The maximum absolute atomic E-state index is 12.3. The van der Waals surface area contributed by atoms with Gasteiger partial charge in [-0.1, -0.05) is 0 Å². The van der Waals surface area contributed by atoms with Crippen LogP contribution in [0.4, 0.5) is 0 Å². The average molecular weight is 351 g/mol. The first kappa shape index (κ1) is 19.1. The number of hydrogen-bond acceptors (Lipinski definition) is 7. The molecule has 1 aromatic rings. The zero-order valence-corrected chi connectivity index (χ0v) is 14.1. The van der Waals surface area contributed by atoms with Crippen molar-refractivity contribution in [3.8, 4) is 0 Å². The molecule has 0 aliphatic heterocycles. The highest BCUT2D eigenvalue weighted by molar-refractivity contribution is 7.99. The summed E-state index contributed by atoms with van der Waals surface area (Å²) in [5.74, 6) is 2.08. The van der Waals surface area contributed by atoms with Crippen molar-refractivity contribution in [3.05, 3.63) is 31.5 Å². The summed E-state index contributed by atoms with van der Waals surface area (Å²) in [6.45, 7) is 0.471. The van der Waals surface area contributed by atoms with Gasteiger partial charge in [-0.2, -0.15) is 23.5 Å². The number of aliphatic hydroxyl groups excluding tert-OH is 2. The van der Waals surface area contributed by atoms with Gasteiger partial charge in [0.05, 0.1) is 13.2 Å². The molecular formula is C12H21N3O5S2. The summed E-state index contributed by atoms with van der Waals surface area (Å²) in [6, 6.07) is 0. The Morgan fingerprint density at radius 3 is 1.55 bits per heavy atom. The summed E-state index contributed by atoms with van der Waals surface area (Å²) in [4.78, 5) is 36.3. The molecule has 10 heteroatoms. The van der Waals surface area contributed by atoms with Crippen LogP contribution in [0.1, 0.15) is 0 Å². The van der Waals surface area contributed by atoms with Crippen LogP contribution in [0.3, 0.4) is 0 Å². The van der Waals surface area contributed by atoms with Gasteiger partial charge in [-0.05, 0) is 0 Å². The number of rotatable bonds is 10.